The number of rotatable bonds is 1. The second-order valence-electron chi connectivity index (χ2n) is 4.45. The molecule has 4 nitrogen and oxygen atoms in total. The van der Waals surface area contributed by atoms with Crippen LogP contribution in [0.15, 0.2) is 42.5 Å². The minimum Gasteiger partial charge on any atom is -0.497 e. The Balaban J connectivity index is 2.16. The van der Waals surface area contributed by atoms with Gasteiger partial charge < -0.3 is 9.72 Å². The smallest absolute Gasteiger partial charge is 0.157 e. The summed E-state index contributed by atoms with van der Waals surface area (Å²) < 4.78 is 5.23. The quantitative estimate of drug-likeness (QED) is 0.563. The molecule has 0 fully saturated rings. The number of nitrogens with one attached hydrogen (secondary N) is 1. The van der Waals surface area contributed by atoms with Crippen molar-refractivity contribution in [1.82, 2.24) is 15.0 Å². The van der Waals surface area contributed by atoms with E-state index in [0.29, 0.717) is 0 Å². The molecule has 0 saturated heterocycles. The maximum Gasteiger partial charge on any atom is 0.157 e. The van der Waals surface area contributed by atoms with Gasteiger partial charge in [-0.15, -0.1) is 0 Å². The molecule has 19 heavy (non-hydrogen) atoms. The standard InChI is InChI=1S/C15H11N3O/c1-19-9-6-7-12-13(8-9)16-14-10-4-2-3-5-11(10)17-15(14)18-12/h2-8H,1H3,(H,17,18). The van der Waals surface area contributed by atoms with Crippen molar-refractivity contribution in [3.8, 4) is 5.75 Å². The van der Waals surface area contributed by atoms with E-state index >= 15 is 0 Å². The largest absolute Gasteiger partial charge is 0.497 e. The molecular weight excluding hydrogens is 238 g/mol. The van der Waals surface area contributed by atoms with Crippen LogP contribution in [0.5, 0.6) is 5.75 Å². The highest BCUT2D eigenvalue weighted by Crippen LogP contribution is 2.25. The molecule has 2 aromatic carbocycles. The molecule has 0 unspecified atom stereocenters. The average molecular weight is 249 g/mol. The Labute approximate surface area is 109 Å². The van der Waals surface area contributed by atoms with Gasteiger partial charge in [0, 0.05) is 17.0 Å². The Kier molecular flexibility index (Phi) is 2.00. The maximum atomic E-state index is 5.23. The fourth-order valence-corrected chi connectivity index (χ4v) is 2.36. The molecule has 0 spiro atoms. The summed E-state index contributed by atoms with van der Waals surface area (Å²) in [6.07, 6.45) is 0. The van der Waals surface area contributed by atoms with Crippen molar-refractivity contribution in [2.24, 2.45) is 0 Å². The minimum absolute atomic E-state index is 0.793. The number of hydrogen-bond acceptors (Lipinski definition) is 3. The van der Waals surface area contributed by atoms with Gasteiger partial charge in [-0.3, -0.25) is 0 Å². The highest BCUT2D eigenvalue weighted by Gasteiger charge is 2.08. The second kappa shape index (κ2) is 3.68. The number of aromatic nitrogens is 3. The number of methoxy groups -OCH3 is 1. The van der Waals surface area contributed by atoms with Gasteiger partial charge in [-0.25, -0.2) is 9.97 Å². The molecule has 0 aliphatic carbocycles. The summed E-state index contributed by atoms with van der Waals surface area (Å²) in [6, 6.07) is 13.8. The lowest BCUT2D eigenvalue weighted by molar-refractivity contribution is 0.415. The van der Waals surface area contributed by atoms with Crippen LogP contribution in [0.25, 0.3) is 33.1 Å². The number of aromatic amines is 1. The lowest BCUT2D eigenvalue weighted by Gasteiger charge is -2.01. The number of ether oxygens (including phenoxy) is 1. The van der Waals surface area contributed by atoms with E-state index in [0.717, 1.165) is 38.8 Å². The van der Waals surface area contributed by atoms with Crippen molar-refractivity contribution in [3.63, 3.8) is 0 Å². The molecule has 0 aliphatic heterocycles. The average Bonchev–Trinajstić information content (AvgIpc) is 2.82. The highest BCUT2D eigenvalue weighted by atomic mass is 16.5. The third kappa shape index (κ3) is 1.46. The second-order valence-corrected chi connectivity index (χ2v) is 4.45. The fourth-order valence-electron chi connectivity index (χ4n) is 2.36. The zero-order valence-corrected chi connectivity index (χ0v) is 10.3. The summed E-state index contributed by atoms with van der Waals surface area (Å²) in [6.45, 7) is 0. The van der Waals surface area contributed by atoms with Gasteiger partial charge in [0.2, 0.25) is 0 Å². The Morgan fingerprint density at radius 3 is 2.79 bits per heavy atom. The van der Waals surface area contributed by atoms with E-state index in [4.69, 9.17) is 9.72 Å². The first-order valence-corrected chi connectivity index (χ1v) is 6.07. The molecule has 0 amide bonds. The number of benzene rings is 2. The lowest BCUT2D eigenvalue weighted by Crippen LogP contribution is -1.88. The first-order chi connectivity index (χ1) is 9.35. The van der Waals surface area contributed by atoms with Crippen LogP contribution in [0.1, 0.15) is 0 Å². The van der Waals surface area contributed by atoms with Gasteiger partial charge in [-0.1, -0.05) is 18.2 Å². The zero-order chi connectivity index (χ0) is 12.8. The van der Waals surface area contributed by atoms with Crippen LogP contribution in [0, 0.1) is 0 Å². The molecule has 92 valence electrons. The van der Waals surface area contributed by atoms with Crippen molar-refractivity contribution < 1.29 is 4.74 Å². The number of fused-ring (bicyclic) bond motifs is 4. The molecule has 2 aromatic heterocycles. The molecule has 2 heterocycles. The van der Waals surface area contributed by atoms with Crippen LogP contribution in [0.4, 0.5) is 0 Å². The van der Waals surface area contributed by atoms with E-state index in [-0.39, 0.29) is 0 Å². The number of para-hydroxylation sites is 1. The van der Waals surface area contributed by atoms with Gasteiger partial charge in [0.1, 0.15) is 11.3 Å². The lowest BCUT2D eigenvalue weighted by atomic mass is 10.2. The number of hydrogen-bond donors (Lipinski definition) is 1. The van der Waals surface area contributed by atoms with Crippen LogP contribution >= 0.6 is 0 Å². The molecule has 1 N–H and O–H groups in total. The van der Waals surface area contributed by atoms with E-state index in [1.54, 1.807) is 7.11 Å². The Morgan fingerprint density at radius 2 is 1.89 bits per heavy atom. The zero-order valence-electron chi connectivity index (χ0n) is 10.3. The Morgan fingerprint density at radius 1 is 1.00 bits per heavy atom. The van der Waals surface area contributed by atoms with Gasteiger partial charge in [0.15, 0.2) is 5.65 Å². The predicted molar refractivity (Wildman–Crippen MR) is 75.5 cm³/mol. The van der Waals surface area contributed by atoms with E-state index < -0.39 is 0 Å². The topological polar surface area (TPSA) is 50.8 Å². The van der Waals surface area contributed by atoms with Crippen molar-refractivity contribution >= 4 is 33.1 Å². The highest BCUT2D eigenvalue weighted by molar-refractivity contribution is 6.05. The van der Waals surface area contributed by atoms with Crippen molar-refractivity contribution in [2.75, 3.05) is 7.11 Å². The SMILES string of the molecule is COc1ccc2nc3[nH]c4ccccc4c3nc2c1. The molecule has 4 rings (SSSR count). The normalized spacial score (nSPS) is 11.4. The summed E-state index contributed by atoms with van der Waals surface area (Å²) in [4.78, 5) is 12.6. The Bertz CT molecular complexity index is 911. The van der Waals surface area contributed by atoms with Gasteiger partial charge in [-0.05, 0) is 18.2 Å². The molecule has 0 saturated carbocycles. The van der Waals surface area contributed by atoms with Crippen molar-refractivity contribution in [2.45, 2.75) is 0 Å². The summed E-state index contributed by atoms with van der Waals surface area (Å²) >= 11 is 0. The first kappa shape index (κ1) is 10.3. The van der Waals surface area contributed by atoms with E-state index in [9.17, 15) is 0 Å². The number of H-pyrrole nitrogens is 1. The molecule has 0 aliphatic rings. The van der Waals surface area contributed by atoms with Gasteiger partial charge in [0.05, 0.1) is 18.1 Å². The summed E-state index contributed by atoms with van der Waals surface area (Å²) in [7, 11) is 1.65. The van der Waals surface area contributed by atoms with Crippen LogP contribution < -0.4 is 4.74 Å². The summed E-state index contributed by atoms with van der Waals surface area (Å²) in [5, 5.41) is 1.09. The van der Waals surface area contributed by atoms with Crippen molar-refractivity contribution in [3.05, 3.63) is 42.5 Å². The fraction of sp³-hybridized carbons (Fsp3) is 0.0667. The summed E-state index contributed by atoms with van der Waals surface area (Å²) in [5.74, 6) is 0.793. The van der Waals surface area contributed by atoms with Crippen molar-refractivity contribution in [1.29, 1.82) is 0 Å². The number of nitrogens with zero attached hydrogens (tertiary/aromatic N) is 2. The molecule has 4 heteroatoms. The molecule has 0 bridgehead atoms. The van der Waals surface area contributed by atoms with Crippen LogP contribution in [-0.2, 0) is 0 Å². The van der Waals surface area contributed by atoms with Crippen LogP contribution in [0.2, 0.25) is 0 Å². The Hall–Kier alpha value is -2.62. The minimum atomic E-state index is 0.793. The molecule has 0 radical (unpaired) electrons. The molecular formula is C15H11N3O. The van der Waals surface area contributed by atoms with Crippen LogP contribution in [-0.4, -0.2) is 22.1 Å². The predicted octanol–water partition coefficient (Wildman–Crippen LogP) is 3.27. The van der Waals surface area contributed by atoms with Gasteiger partial charge >= 0.3 is 0 Å². The van der Waals surface area contributed by atoms with E-state index in [1.165, 1.54) is 0 Å². The monoisotopic (exact) mass is 249 g/mol. The summed E-state index contributed by atoms with van der Waals surface area (Å²) in [5.41, 5.74) is 4.48. The van der Waals surface area contributed by atoms with E-state index in [1.807, 2.05) is 36.4 Å². The van der Waals surface area contributed by atoms with Gasteiger partial charge in [0.25, 0.3) is 0 Å². The molecule has 0 atom stereocenters. The van der Waals surface area contributed by atoms with Crippen LogP contribution in [0.3, 0.4) is 0 Å². The van der Waals surface area contributed by atoms with Gasteiger partial charge in [-0.2, -0.15) is 0 Å². The first-order valence-electron chi connectivity index (χ1n) is 6.07. The molecule has 4 aromatic rings. The maximum absolute atomic E-state index is 5.23. The third-order valence-electron chi connectivity index (χ3n) is 3.31. The third-order valence-corrected chi connectivity index (χ3v) is 3.31. The van der Waals surface area contributed by atoms with E-state index in [2.05, 4.69) is 16.0 Å².